The Balaban J connectivity index is 2.33. The molecule has 2 rings (SSSR count). The van der Waals surface area contributed by atoms with Gasteiger partial charge < -0.3 is 0 Å². The molecule has 4 heteroatoms. The molecule has 1 aliphatic rings. The van der Waals surface area contributed by atoms with E-state index in [1.165, 1.54) is 12.0 Å². The molecular formula is C15H19NO2S. The number of thioether (sulfide) groups is 1. The second-order valence-corrected chi connectivity index (χ2v) is 6.83. The van der Waals surface area contributed by atoms with Gasteiger partial charge in [-0.1, -0.05) is 31.2 Å². The summed E-state index contributed by atoms with van der Waals surface area (Å²) in [5.41, 5.74) is 2.41. The largest absolute Gasteiger partial charge is 0.269 e. The van der Waals surface area contributed by atoms with Crippen LogP contribution in [0.1, 0.15) is 37.5 Å². The van der Waals surface area contributed by atoms with E-state index in [2.05, 4.69) is 20.4 Å². The second-order valence-electron chi connectivity index (χ2n) is 5.25. The van der Waals surface area contributed by atoms with Crippen LogP contribution >= 0.6 is 11.8 Å². The average Bonchev–Trinajstić information content (AvgIpc) is 2.38. The van der Waals surface area contributed by atoms with Crippen molar-refractivity contribution in [2.45, 2.75) is 37.2 Å². The van der Waals surface area contributed by atoms with Crippen LogP contribution in [-0.2, 0) is 0 Å². The van der Waals surface area contributed by atoms with Crippen molar-refractivity contribution in [1.82, 2.24) is 0 Å². The van der Waals surface area contributed by atoms with E-state index in [9.17, 15) is 10.1 Å². The Kier molecular flexibility index (Phi) is 4.30. The van der Waals surface area contributed by atoms with E-state index in [1.807, 2.05) is 17.8 Å². The SMILES string of the molecule is C=C(C)[C@H]1CC[C@H](C)S[C@@H]1c1cccc([N+](=O)[O-])c1. The van der Waals surface area contributed by atoms with E-state index >= 15 is 0 Å². The molecule has 0 radical (unpaired) electrons. The van der Waals surface area contributed by atoms with E-state index < -0.39 is 0 Å². The van der Waals surface area contributed by atoms with E-state index in [0.29, 0.717) is 16.4 Å². The van der Waals surface area contributed by atoms with Crippen molar-refractivity contribution in [2.24, 2.45) is 5.92 Å². The predicted molar refractivity (Wildman–Crippen MR) is 80.4 cm³/mol. The van der Waals surface area contributed by atoms with Crippen molar-refractivity contribution in [3.05, 3.63) is 52.1 Å². The van der Waals surface area contributed by atoms with Crippen LogP contribution in [0.5, 0.6) is 0 Å². The monoisotopic (exact) mass is 277 g/mol. The van der Waals surface area contributed by atoms with Gasteiger partial charge >= 0.3 is 0 Å². The highest BCUT2D eigenvalue weighted by atomic mass is 32.2. The Morgan fingerprint density at radius 2 is 2.21 bits per heavy atom. The average molecular weight is 277 g/mol. The minimum Gasteiger partial charge on any atom is -0.258 e. The lowest BCUT2D eigenvalue weighted by atomic mass is 9.87. The number of hydrogen-bond donors (Lipinski definition) is 0. The summed E-state index contributed by atoms with van der Waals surface area (Å²) < 4.78 is 0. The van der Waals surface area contributed by atoms with Gasteiger partial charge in [-0.25, -0.2) is 0 Å². The molecule has 0 saturated carbocycles. The molecule has 0 amide bonds. The maximum absolute atomic E-state index is 10.9. The zero-order chi connectivity index (χ0) is 14.0. The Bertz CT molecular complexity index is 501. The van der Waals surface area contributed by atoms with Crippen molar-refractivity contribution in [3.63, 3.8) is 0 Å². The summed E-state index contributed by atoms with van der Waals surface area (Å²) in [5, 5.41) is 11.8. The molecule has 1 fully saturated rings. The quantitative estimate of drug-likeness (QED) is 0.455. The highest BCUT2D eigenvalue weighted by Crippen LogP contribution is 2.49. The summed E-state index contributed by atoms with van der Waals surface area (Å²) in [7, 11) is 0. The zero-order valence-corrected chi connectivity index (χ0v) is 12.2. The van der Waals surface area contributed by atoms with Gasteiger partial charge in [0, 0.05) is 22.6 Å². The number of allylic oxidation sites excluding steroid dienone is 1. The third kappa shape index (κ3) is 3.18. The first-order valence-corrected chi connectivity index (χ1v) is 7.48. The van der Waals surface area contributed by atoms with Gasteiger partial charge in [-0.3, -0.25) is 10.1 Å². The third-order valence-electron chi connectivity index (χ3n) is 3.67. The molecule has 19 heavy (non-hydrogen) atoms. The number of nitrogens with zero attached hydrogens (tertiary/aromatic N) is 1. The van der Waals surface area contributed by atoms with Crippen LogP contribution in [0.3, 0.4) is 0 Å². The minimum atomic E-state index is -0.323. The molecule has 0 aliphatic carbocycles. The summed E-state index contributed by atoms with van der Waals surface area (Å²) in [6.07, 6.45) is 2.31. The highest BCUT2D eigenvalue weighted by Gasteiger charge is 2.31. The first kappa shape index (κ1) is 14.1. The van der Waals surface area contributed by atoms with Crippen molar-refractivity contribution in [2.75, 3.05) is 0 Å². The van der Waals surface area contributed by atoms with Crippen LogP contribution in [0.15, 0.2) is 36.4 Å². The van der Waals surface area contributed by atoms with Crippen LogP contribution in [-0.4, -0.2) is 10.2 Å². The Morgan fingerprint density at radius 3 is 2.84 bits per heavy atom. The van der Waals surface area contributed by atoms with Crippen molar-refractivity contribution in [3.8, 4) is 0 Å². The highest BCUT2D eigenvalue weighted by molar-refractivity contribution is 8.00. The molecule has 0 N–H and O–H groups in total. The lowest BCUT2D eigenvalue weighted by Gasteiger charge is -2.35. The number of hydrogen-bond acceptors (Lipinski definition) is 3. The van der Waals surface area contributed by atoms with Gasteiger partial charge in [0.15, 0.2) is 0 Å². The van der Waals surface area contributed by atoms with Gasteiger partial charge in [-0.2, -0.15) is 11.8 Å². The summed E-state index contributed by atoms with van der Waals surface area (Å²) in [6, 6.07) is 7.04. The lowest BCUT2D eigenvalue weighted by Crippen LogP contribution is -2.20. The molecule has 3 nitrogen and oxygen atoms in total. The maximum atomic E-state index is 10.9. The first-order chi connectivity index (χ1) is 8.99. The molecule has 0 unspecified atom stereocenters. The molecule has 0 aromatic heterocycles. The molecule has 1 saturated heterocycles. The molecule has 1 aromatic rings. The Morgan fingerprint density at radius 1 is 1.47 bits per heavy atom. The fourth-order valence-electron chi connectivity index (χ4n) is 2.61. The van der Waals surface area contributed by atoms with Gasteiger partial charge in [0.1, 0.15) is 0 Å². The molecule has 3 atom stereocenters. The minimum absolute atomic E-state index is 0.178. The second kappa shape index (κ2) is 5.78. The summed E-state index contributed by atoms with van der Waals surface area (Å²) in [4.78, 5) is 10.6. The Hall–Kier alpha value is -1.29. The molecular weight excluding hydrogens is 258 g/mol. The third-order valence-corrected chi connectivity index (χ3v) is 5.27. The summed E-state index contributed by atoms with van der Waals surface area (Å²) in [6.45, 7) is 8.38. The molecule has 1 heterocycles. The fraction of sp³-hybridized carbons (Fsp3) is 0.467. The van der Waals surface area contributed by atoms with E-state index in [4.69, 9.17) is 0 Å². The predicted octanol–water partition coefficient (Wildman–Crippen LogP) is 4.74. The van der Waals surface area contributed by atoms with Crippen LogP contribution in [0.25, 0.3) is 0 Å². The topological polar surface area (TPSA) is 43.1 Å². The van der Waals surface area contributed by atoms with Gasteiger partial charge in [0.05, 0.1) is 4.92 Å². The van der Waals surface area contributed by atoms with Crippen LogP contribution in [0.2, 0.25) is 0 Å². The van der Waals surface area contributed by atoms with Gasteiger partial charge in [-0.05, 0) is 31.2 Å². The van der Waals surface area contributed by atoms with Gasteiger partial charge in [0.25, 0.3) is 5.69 Å². The fourth-order valence-corrected chi connectivity index (χ4v) is 4.24. The smallest absolute Gasteiger partial charge is 0.258 e. The Labute approximate surface area is 118 Å². The standard InChI is InChI=1S/C15H19NO2S/c1-10(2)14-8-7-11(3)19-15(14)12-5-4-6-13(9-12)16(17)18/h4-6,9,11,14-15H,1,7-8H2,2-3H3/t11-,14+,15+/m0/s1. The van der Waals surface area contributed by atoms with Crippen molar-refractivity contribution in [1.29, 1.82) is 0 Å². The maximum Gasteiger partial charge on any atom is 0.269 e. The lowest BCUT2D eigenvalue weighted by molar-refractivity contribution is -0.384. The van der Waals surface area contributed by atoms with Crippen LogP contribution < -0.4 is 0 Å². The van der Waals surface area contributed by atoms with E-state index in [0.717, 1.165) is 12.0 Å². The number of non-ortho nitro benzene ring substituents is 1. The van der Waals surface area contributed by atoms with Crippen LogP contribution in [0.4, 0.5) is 5.69 Å². The van der Waals surface area contributed by atoms with Crippen LogP contribution in [0, 0.1) is 16.0 Å². The van der Waals surface area contributed by atoms with E-state index in [-0.39, 0.29) is 10.6 Å². The van der Waals surface area contributed by atoms with Gasteiger partial charge in [0.2, 0.25) is 0 Å². The normalized spacial score (nSPS) is 26.9. The summed E-state index contributed by atoms with van der Waals surface area (Å²) in [5.74, 6) is 0.420. The number of nitro groups is 1. The number of nitro benzene ring substituents is 1. The molecule has 0 bridgehead atoms. The zero-order valence-electron chi connectivity index (χ0n) is 11.3. The van der Waals surface area contributed by atoms with Crippen molar-refractivity contribution >= 4 is 17.4 Å². The molecule has 1 aromatic carbocycles. The number of benzene rings is 1. The van der Waals surface area contributed by atoms with Gasteiger partial charge in [-0.15, -0.1) is 0 Å². The van der Waals surface area contributed by atoms with E-state index in [1.54, 1.807) is 18.2 Å². The molecule has 0 spiro atoms. The summed E-state index contributed by atoms with van der Waals surface area (Å²) >= 11 is 1.91. The molecule has 1 aliphatic heterocycles. The van der Waals surface area contributed by atoms with Crippen molar-refractivity contribution < 1.29 is 4.92 Å². The number of rotatable bonds is 3. The first-order valence-electron chi connectivity index (χ1n) is 6.54. The molecule has 102 valence electrons.